The number of aliphatic imine (C=N–C) groups is 1. The first-order valence-electron chi connectivity index (χ1n) is 2.14. The summed E-state index contributed by atoms with van der Waals surface area (Å²) in [6.45, 7) is 0. The van der Waals surface area contributed by atoms with E-state index in [9.17, 15) is 4.79 Å². The molecule has 1 aliphatic rings. The molecule has 1 heterocycles. The second kappa shape index (κ2) is 2.78. The van der Waals surface area contributed by atoms with E-state index >= 15 is 0 Å². The minimum Gasteiger partial charge on any atom is -0.342 e. The maximum absolute atomic E-state index is 10.5. The molecule has 0 amide bonds. The lowest BCUT2D eigenvalue weighted by Crippen LogP contribution is -2.20. The first kappa shape index (κ1) is 7.85. The first-order valence-corrected chi connectivity index (χ1v) is 3.20. The number of hydrogen-bond donors (Lipinski definition) is 0. The van der Waals surface area contributed by atoms with Crippen LogP contribution in [-0.2, 0) is 9.08 Å². The van der Waals surface area contributed by atoms with Gasteiger partial charge in [-0.25, -0.2) is 9.79 Å². The quantitative estimate of drug-likeness (QED) is 0.605. The Morgan fingerprint density at radius 3 is 2.40 bits per heavy atom. The van der Waals surface area contributed by atoms with Crippen LogP contribution in [0.25, 0.3) is 0 Å². The van der Waals surface area contributed by atoms with Crippen LogP contribution < -0.4 is 0 Å². The molecule has 0 aromatic rings. The van der Waals surface area contributed by atoms with E-state index in [0.29, 0.717) is 0 Å². The summed E-state index contributed by atoms with van der Waals surface area (Å²) in [7, 11) is 0. The maximum Gasteiger partial charge on any atom is 0.376 e. The molecule has 0 saturated heterocycles. The first-order chi connectivity index (χ1) is 4.66. The van der Waals surface area contributed by atoms with Crippen molar-refractivity contribution in [2.45, 2.75) is 0 Å². The largest absolute Gasteiger partial charge is 0.376 e. The Morgan fingerprint density at radius 1 is 1.50 bits per heavy atom. The molecule has 3 nitrogen and oxygen atoms in total. The van der Waals surface area contributed by atoms with Gasteiger partial charge in [0.15, 0.2) is 10.9 Å². The molecule has 6 heteroatoms. The van der Waals surface area contributed by atoms with Gasteiger partial charge in [0.2, 0.25) is 0 Å². The molecule has 0 unspecified atom stereocenters. The molecule has 0 aromatic heterocycles. The highest BCUT2D eigenvalue weighted by atomic mass is 35.5. The summed E-state index contributed by atoms with van der Waals surface area (Å²) < 4.78 is 3.80. The van der Waals surface area contributed by atoms with Gasteiger partial charge in [-0.15, -0.1) is 0 Å². The molecule has 0 atom stereocenters. The van der Waals surface area contributed by atoms with Crippen LogP contribution in [0.3, 0.4) is 0 Å². The number of rotatable bonds is 1. The van der Waals surface area contributed by atoms with Crippen LogP contribution >= 0.6 is 35.1 Å². The summed E-state index contributed by atoms with van der Waals surface area (Å²) in [6.07, 6.45) is 0. The minimum absolute atomic E-state index is 0.0401. The molecule has 0 saturated carbocycles. The Balaban J connectivity index is 2.66. The van der Waals surface area contributed by atoms with Gasteiger partial charge in [-0.2, -0.15) is 0 Å². The van der Waals surface area contributed by atoms with Gasteiger partial charge in [0.25, 0.3) is 0 Å². The van der Waals surface area contributed by atoms with Crippen LogP contribution in [0.2, 0.25) is 0 Å². The van der Waals surface area contributed by atoms with E-state index in [2.05, 4.69) is 9.28 Å². The van der Waals surface area contributed by atoms with Gasteiger partial charge >= 0.3 is 5.97 Å². The average molecular weight is 200 g/mol. The molecule has 0 aromatic carbocycles. The van der Waals surface area contributed by atoms with Crippen molar-refractivity contribution >= 4 is 46.7 Å². The Hall–Kier alpha value is -0.250. The highest BCUT2D eigenvalue weighted by Gasteiger charge is 2.27. The van der Waals surface area contributed by atoms with Crippen molar-refractivity contribution in [2.24, 2.45) is 4.99 Å². The fraction of sp³-hybridized carbons (Fsp3) is 0. The standard InChI is InChI=1S/C4Cl3NO2/c5-1-2(4(9)10-7)8-3(1)6. The van der Waals surface area contributed by atoms with E-state index in [4.69, 9.17) is 35.1 Å². The fourth-order valence-corrected chi connectivity index (χ4v) is 0.822. The van der Waals surface area contributed by atoms with E-state index in [1.54, 1.807) is 0 Å². The van der Waals surface area contributed by atoms with Crippen molar-refractivity contribution in [2.75, 3.05) is 0 Å². The molecule has 1 aliphatic heterocycles. The molecule has 10 heavy (non-hydrogen) atoms. The van der Waals surface area contributed by atoms with Crippen LogP contribution in [0.1, 0.15) is 0 Å². The topological polar surface area (TPSA) is 38.7 Å². The van der Waals surface area contributed by atoms with Gasteiger partial charge < -0.3 is 4.29 Å². The number of carbonyl (C=O) groups is 1. The summed E-state index contributed by atoms with van der Waals surface area (Å²) in [4.78, 5) is 13.9. The second-order valence-corrected chi connectivity index (χ2v) is 2.32. The Kier molecular flexibility index (Phi) is 2.18. The van der Waals surface area contributed by atoms with Crippen molar-refractivity contribution < 1.29 is 9.08 Å². The molecular formula is C4Cl3NO2. The van der Waals surface area contributed by atoms with E-state index in [-0.39, 0.29) is 15.9 Å². The second-order valence-electron chi connectivity index (χ2n) is 1.43. The predicted molar refractivity (Wildman–Crippen MR) is 38.1 cm³/mol. The zero-order valence-corrected chi connectivity index (χ0v) is 6.67. The van der Waals surface area contributed by atoms with Gasteiger partial charge in [0.05, 0.1) is 0 Å². The number of carbonyl (C=O) groups excluding carboxylic acids is 1. The molecule has 0 fully saturated rings. The summed E-state index contributed by atoms with van der Waals surface area (Å²) in [6, 6.07) is 0. The van der Waals surface area contributed by atoms with Crippen molar-refractivity contribution in [1.82, 2.24) is 0 Å². The van der Waals surface area contributed by atoms with Gasteiger partial charge in [-0.1, -0.05) is 23.2 Å². The zero-order chi connectivity index (χ0) is 7.72. The van der Waals surface area contributed by atoms with Crippen molar-refractivity contribution in [3.63, 3.8) is 0 Å². The van der Waals surface area contributed by atoms with Crippen molar-refractivity contribution in [3.05, 3.63) is 10.2 Å². The lowest BCUT2D eigenvalue weighted by atomic mass is 10.3. The van der Waals surface area contributed by atoms with Crippen LogP contribution in [0.5, 0.6) is 0 Å². The van der Waals surface area contributed by atoms with E-state index < -0.39 is 5.97 Å². The number of hydrogen-bond acceptors (Lipinski definition) is 3. The van der Waals surface area contributed by atoms with Crippen molar-refractivity contribution in [1.29, 1.82) is 0 Å². The van der Waals surface area contributed by atoms with Crippen LogP contribution in [0, 0.1) is 0 Å². The molecule has 0 N–H and O–H groups in total. The Bertz CT molecular complexity index is 245. The molecular weight excluding hydrogens is 200 g/mol. The maximum atomic E-state index is 10.5. The molecule has 0 aliphatic carbocycles. The van der Waals surface area contributed by atoms with Crippen LogP contribution in [0.4, 0.5) is 0 Å². The zero-order valence-electron chi connectivity index (χ0n) is 4.40. The summed E-state index contributed by atoms with van der Waals surface area (Å²) in [5.41, 5.74) is -0.0401. The van der Waals surface area contributed by atoms with Crippen molar-refractivity contribution in [3.8, 4) is 0 Å². The summed E-state index contributed by atoms with van der Waals surface area (Å²) >= 11 is 15.4. The van der Waals surface area contributed by atoms with Gasteiger partial charge in [0.1, 0.15) is 16.9 Å². The minimum atomic E-state index is -0.795. The molecule has 0 spiro atoms. The highest BCUT2D eigenvalue weighted by Crippen LogP contribution is 2.27. The Morgan fingerprint density at radius 2 is 2.10 bits per heavy atom. The number of nitrogens with zero attached hydrogens (tertiary/aromatic N) is 1. The number of halogens is 3. The average Bonchev–Trinajstić information content (AvgIpc) is 1.98. The summed E-state index contributed by atoms with van der Waals surface area (Å²) in [5.74, 6) is -0.795. The molecule has 0 radical (unpaired) electrons. The lowest BCUT2D eigenvalue weighted by molar-refractivity contribution is -0.126. The SMILES string of the molecule is O=C(OCl)C1=NC(Cl)=C1Cl. The normalized spacial score (nSPS) is 16.1. The molecule has 0 bridgehead atoms. The molecule has 54 valence electrons. The monoisotopic (exact) mass is 199 g/mol. The van der Waals surface area contributed by atoms with E-state index in [0.717, 1.165) is 0 Å². The third-order valence-corrected chi connectivity index (χ3v) is 1.73. The van der Waals surface area contributed by atoms with Crippen LogP contribution in [0.15, 0.2) is 15.2 Å². The third-order valence-electron chi connectivity index (χ3n) is 0.862. The van der Waals surface area contributed by atoms with Gasteiger partial charge in [-0.3, -0.25) is 0 Å². The fourth-order valence-electron chi connectivity index (χ4n) is 0.413. The molecule has 1 rings (SSSR count). The third kappa shape index (κ3) is 1.12. The van der Waals surface area contributed by atoms with E-state index in [1.165, 1.54) is 0 Å². The van der Waals surface area contributed by atoms with Gasteiger partial charge in [0, 0.05) is 0 Å². The Labute approximate surface area is 71.4 Å². The lowest BCUT2D eigenvalue weighted by Gasteiger charge is -2.08. The highest BCUT2D eigenvalue weighted by molar-refractivity contribution is 6.65. The van der Waals surface area contributed by atoms with Gasteiger partial charge in [-0.05, 0) is 0 Å². The predicted octanol–water partition coefficient (Wildman–Crippen LogP) is 1.78. The summed E-state index contributed by atoms with van der Waals surface area (Å²) in [5, 5.41) is 0.186. The van der Waals surface area contributed by atoms with Crippen LogP contribution in [-0.4, -0.2) is 11.7 Å². The smallest absolute Gasteiger partial charge is 0.342 e. The van der Waals surface area contributed by atoms with E-state index in [1.807, 2.05) is 0 Å².